The summed E-state index contributed by atoms with van der Waals surface area (Å²) in [5, 5.41) is 9.59. The highest BCUT2D eigenvalue weighted by molar-refractivity contribution is 5.32. The Kier molecular flexibility index (Phi) is 8.08. The third-order valence-corrected chi connectivity index (χ3v) is 5.99. The number of aliphatic hydroxyl groups excluding tert-OH is 1. The molecule has 3 rings (SSSR count). The van der Waals surface area contributed by atoms with Crippen LogP contribution in [0.5, 0.6) is 0 Å². The van der Waals surface area contributed by atoms with Gasteiger partial charge in [-0.1, -0.05) is 74.5 Å². The van der Waals surface area contributed by atoms with Gasteiger partial charge in [-0.25, -0.2) is 0 Å². The molecular formula is C25H36N2O. The van der Waals surface area contributed by atoms with Crippen LogP contribution in [-0.4, -0.2) is 60.3 Å². The monoisotopic (exact) mass is 380 g/mol. The van der Waals surface area contributed by atoms with Crippen molar-refractivity contribution >= 4 is 0 Å². The summed E-state index contributed by atoms with van der Waals surface area (Å²) in [6, 6.07) is 22.2. The third kappa shape index (κ3) is 5.91. The van der Waals surface area contributed by atoms with Crippen molar-refractivity contribution in [3.8, 4) is 0 Å². The van der Waals surface area contributed by atoms with Gasteiger partial charge in [0.15, 0.2) is 0 Å². The second-order valence-corrected chi connectivity index (χ2v) is 8.52. The van der Waals surface area contributed by atoms with Crippen LogP contribution in [0, 0.1) is 5.92 Å². The van der Waals surface area contributed by atoms with Crippen LogP contribution in [0.15, 0.2) is 60.7 Å². The van der Waals surface area contributed by atoms with Gasteiger partial charge < -0.3 is 5.11 Å². The number of piperazine rings is 1. The quantitative estimate of drug-likeness (QED) is 0.705. The van der Waals surface area contributed by atoms with Gasteiger partial charge in [-0.3, -0.25) is 9.80 Å². The Morgan fingerprint density at radius 2 is 1.54 bits per heavy atom. The molecule has 0 aromatic heterocycles. The first-order valence-corrected chi connectivity index (χ1v) is 10.8. The van der Waals surface area contributed by atoms with Crippen LogP contribution < -0.4 is 0 Å². The lowest BCUT2D eigenvalue weighted by Crippen LogP contribution is -2.54. The molecule has 2 aromatic rings. The lowest BCUT2D eigenvalue weighted by molar-refractivity contribution is 0.0546. The maximum Gasteiger partial charge on any atom is 0.0446 e. The van der Waals surface area contributed by atoms with E-state index >= 15 is 0 Å². The molecule has 1 heterocycles. The fourth-order valence-corrected chi connectivity index (χ4v) is 4.30. The molecule has 1 aliphatic heterocycles. The molecule has 1 fully saturated rings. The standard InChI is InChI=1S/C25H36N2O/c1-21(2)13-15-27-17-16-26(19-24(27)14-18-28)20-25(22-9-5-3-6-10-22)23-11-7-4-8-12-23/h3-12,21,24-25,28H,13-20H2,1-2H3/t24-/m1/s1. The van der Waals surface area contributed by atoms with Crippen LogP contribution in [0.3, 0.4) is 0 Å². The maximum absolute atomic E-state index is 9.59. The van der Waals surface area contributed by atoms with Gasteiger partial charge in [0.25, 0.3) is 0 Å². The molecule has 0 unspecified atom stereocenters. The van der Waals surface area contributed by atoms with Gasteiger partial charge in [-0.2, -0.15) is 0 Å². The van der Waals surface area contributed by atoms with Crippen molar-refractivity contribution in [3.05, 3.63) is 71.8 Å². The summed E-state index contributed by atoms with van der Waals surface area (Å²) in [6.07, 6.45) is 2.11. The smallest absolute Gasteiger partial charge is 0.0446 e. The van der Waals surface area contributed by atoms with Crippen LogP contribution in [0.2, 0.25) is 0 Å². The van der Waals surface area contributed by atoms with Crippen molar-refractivity contribution in [2.45, 2.75) is 38.6 Å². The summed E-state index contributed by atoms with van der Waals surface area (Å²) in [4.78, 5) is 5.21. The average molecular weight is 381 g/mol. The van der Waals surface area contributed by atoms with E-state index < -0.39 is 0 Å². The minimum absolute atomic E-state index is 0.275. The molecule has 152 valence electrons. The maximum atomic E-state index is 9.59. The van der Waals surface area contributed by atoms with Crippen LogP contribution in [0.1, 0.15) is 43.7 Å². The van der Waals surface area contributed by atoms with E-state index in [-0.39, 0.29) is 6.61 Å². The van der Waals surface area contributed by atoms with E-state index in [1.807, 2.05) is 0 Å². The zero-order chi connectivity index (χ0) is 19.8. The normalized spacial score (nSPS) is 18.8. The number of benzene rings is 2. The lowest BCUT2D eigenvalue weighted by Gasteiger charge is -2.43. The number of rotatable bonds is 9. The molecule has 0 aliphatic carbocycles. The molecule has 0 radical (unpaired) electrons. The second kappa shape index (κ2) is 10.8. The average Bonchev–Trinajstić information content (AvgIpc) is 2.73. The molecular weight excluding hydrogens is 344 g/mol. The summed E-state index contributed by atoms with van der Waals surface area (Å²) >= 11 is 0. The zero-order valence-electron chi connectivity index (χ0n) is 17.5. The molecule has 3 heteroatoms. The lowest BCUT2D eigenvalue weighted by atomic mass is 9.90. The van der Waals surface area contributed by atoms with Crippen LogP contribution in [-0.2, 0) is 0 Å². The van der Waals surface area contributed by atoms with Crippen molar-refractivity contribution in [2.24, 2.45) is 5.92 Å². The highest BCUT2D eigenvalue weighted by Crippen LogP contribution is 2.27. The molecule has 0 spiro atoms. The van der Waals surface area contributed by atoms with E-state index in [9.17, 15) is 5.11 Å². The summed E-state index contributed by atoms with van der Waals surface area (Å²) in [6.45, 7) is 10.3. The summed E-state index contributed by atoms with van der Waals surface area (Å²) < 4.78 is 0. The van der Waals surface area contributed by atoms with Gasteiger partial charge in [-0.05, 0) is 36.4 Å². The van der Waals surface area contributed by atoms with Gasteiger partial charge in [0, 0.05) is 44.7 Å². The number of nitrogens with zero attached hydrogens (tertiary/aromatic N) is 2. The second-order valence-electron chi connectivity index (χ2n) is 8.52. The highest BCUT2D eigenvalue weighted by atomic mass is 16.3. The van der Waals surface area contributed by atoms with Crippen molar-refractivity contribution in [1.29, 1.82) is 0 Å². The van der Waals surface area contributed by atoms with Gasteiger partial charge in [0.1, 0.15) is 0 Å². The van der Waals surface area contributed by atoms with E-state index in [1.54, 1.807) is 0 Å². The fourth-order valence-electron chi connectivity index (χ4n) is 4.30. The van der Waals surface area contributed by atoms with E-state index in [2.05, 4.69) is 84.3 Å². The predicted octanol–water partition coefficient (Wildman–Crippen LogP) is 4.23. The molecule has 1 aliphatic rings. The number of hydrogen-bond donors (Lipinski definition) is 1. The van der Waals surface area contributed by atoms with Gasteiger partial charge >= 0.3 is 0 Å². The molecule has 28 heavy (non-hydrogen) atoms. The molecule has 0 bridgehead atoms. The van der Waals surface area contributed by atoms with E-state index in [4.69, 9.17) is 0 Å². The van der Waals surface area contributed by atoms with Crippen LogP contribution in [0.4, 0.5) is 0 Å². The molecule has 1 saturated heterocycles. The molecule has 1 N–H and O–H groups in total. The van der Waals surface area contributed by atoms with E-state index in [0.717, 1.165) is 45.1 Å². The van der Waals surface area contributed by atoms with Gasteiger partial charge in [-0.15, -0.1) is 0 Å². The molecule has 0 amide bonds. The highest BCUT2D eigenvalue weighted by Gasteiger charge is 2.28. The molecule has 1 atom stereocenters. The van der Waals surface area contributed by atoms with Crippen LogP contribution in [0.25, 0.3) is 0 Å². The SMILES string of the molecule is CC(C)CCN1CCN(CC(c2ccccc2)c2ccccc2)C[C@H]1CCO. The summed E-state index contributed by atoms with van der Waals surface area (Å²) in [7, 11) is 0. The van der Waals surface area contributed by atoms with Crippen molar-refractivity contribution < 1.29 is 5.11 Å². The molecule has 2 aromatic carbocycles. The van der Waals surface area contributed by atoms with E-state index in [0.29, 0.717) is 12.0 Å². The topological polar surface area (TPSA) is 26.7 Å². The predicted molar refractivity (Wildman–Crippen MR) is 118 cm³/mol. The van der Waals surface area contributed by atoms with Gasteiger partial charge in [0.05, 0.1) is 0 Å². The fraction of sp³-hybridized carbons (Fsp3) is 0.520. The Hall–Kier alpha value is -1.68. The molecule has 0 saturated carbocycles. The van der Waals surface area contributed by atoms with Crippen molar-refractivity contribution in [3.63, 3.8) is 0 Å². The number of hydrogen-bond acceptors (Lipinski definition) is 3. The Morgan fingerprint density at radius 3 is 2.07 bits per heavy atom. The van der Waals surface area contributed by atoms with Gasteiger partial charge in [0.2, 0.25) is 0 Å². The van der Waals surface area contributed by atoms with E-state index in [1.165, 1.54) is 17.5 Å². The Balaban J connectivity index is 1.71. The first-order chi connectivity index (χ1) is 13.7. The summed E-state index contributed by atoms with van der Waals surface area (Å²) in [5.74, 6) is 1.12. The zero-order valence-corrected chi connectivity index (χ0v) is 17.5. The molecule has 3 nitrogen and oxygen atoms in total. The minimum atomic E-state index is 0.275. The van der Waals surface area contributed by atoms with Crippen molar-refractivity contribution in [2.75, 3.05) is 39.3 Å². The first kappa shape index (κ1) is 21.0. The minimum Gasteiger partial charge on any atom is -0.396 e. The first-order valence-electron chi connectivity index (χ1n) is 10.8. The third-order valence-electron chi connectivity index (χ3n) is 5.99. The largest absolute Gasteiger partial charge is 0.396 e. The van der Waals surface area contributed by atoms with Crippen LogP contribution >= 0.6 is 0 Å². The number of aliphatic hydroxyl groups is 1. The Bertz CT molecular complexity index is 634. The summed E-state index contributed by atoms with van der Waals surface area (Å²) in [5.41, 5.74) is 2.77. The Labute approximate surface area is 171 Å². The van der Waals surface area contributed by atoms with Crippen molar-refractivity contribution in [1.82, 2.24) is 9.80 Å². The Morgan fingerprint density at radius 1 is 0.929 bits per heavy atom.